The van der Waals surface area contributed by atoms with Gasteiger partial charge in [0.1, 0.15) is 0 Å². The summed E-state index contributed by atoms with van der Waals surface area (Å²) in [5.41, 5.74) is 0.312. The topological polar surface area (TPSA) is 46.6 Å². The molecule has 0 rings (SSSR count). The van der Waals surface area contributed by atoms with Crippen molar-refractivity contribution in [1.82, 2.24) is 4.90 Å². The van der Waals surface area contributed by atoms with E-state index in [2.05, 4.69) is 13.2 Å². The summed E-state index contributed by atoms with van der Waals surface area (Å²) in [6.07, 6.45) is 1.18. The quantitative estimate of drug-likeness (QED) is 0.376. The van der Waals surface area contributed by atoms with Crippen LogP contribution in [0.15, 0.2) is 24.8 Å². The maximum absolute atomic E-state index is 11.1. The summed E-state index contributed by atoms with van der Waals surface area (Å²) >= 11 is 0. The number of esters is 1. The Bertz CT molecular complexity index is 258. The Labute approximate surface area is 83.8 Å². The molecule has 0 atom stereocenters. The molecular formula is C10H15NO3. The minimum absolute atomic E-state index is 0.0625. The fourth-order valence-electron chi connectivity index (χ4n) is 0.700. The number of ether oxygens (including phenoxy) is 1. The van der Waals surface area contributed by atoms with Crippen molar-refractivity contribution in [2.75, 3.05) is 13.3 Å². The molecule has 4 heteroatoms. The highest BCUT2D eigenvalue weighted by atomic mass is 16.5. The van der Waals surface area contributed by atoms with Gasteiger partial charge in [-0.15, -0.1) is 0 Å². The van der Waals surface area contributed by atoms with Crippen LogP contribution in [0.3, 0.4) is 0 Å². The molecule has 0 saturated carbocycles. The number of hydrogen-bond donors (Lipinski definition) is 0. The molecule has 0 N–H and O–H groups in total. The molecular weight excluding hydrogens is 182 g/mol. The summed E-state index contributed by atoms with van der Waals surface area (Å²) in [5.74, 6) is -0.762. The van der Waals surface area contributed by atoms with Gasteiger partial charge in [-0.3, -0.25) is 4.79 Å². The first-order valence-corrected chi connectivity index (χ1v) is 4.26. The number of amides is 1. The van der Waals surface area contributed by atoms with Crippen molar-refractivity contribution in [3.05, 3.63) is 24.8 Å². The third-order valence-corrected chi connectivity index (χ3v) is 1.57. The van der Waals surface area contributed by atoms with Crippen LogP contribution in [-0.2, 0) is 14.3 Å². The first-order valence-electron chi connectivity index (χ1n) is 4.26. The molecule has 78 valence electrons. The average Bonchev–Trinajstić information content (AvgIpc) is 2.17. The van der Waals surface area contributed by atoms with Crippen molar-refractivity contribution in [2.45, 2.75) is 13.8 Å². The van der Waals surface area contributed by atoms with Crippen LogP contribution in [0.2, 0.25) is 0 Å². The van der Waals surface area contributed by atoms with Crippen molar-refractivity contribution >= 4 is 11.9 Å². The van der Waals surface area contributed by atoms with E-state index in [1.54, 1.807) is 13.8 Å². The molecule has 0 aliphatic carbocycles. The van der Waals surface area contributed by atoms with Gasteiger partial charge in [-0.05, 0) is 19.9 Å². The second kappa shape index (κ2) is 5.96. The van der Waals surface area contributed by atoms with E-state index in [9.17, 15) is 9.59 Å². The van der Waals surface area contributed by atoms with Gasteiger partial charge in [-0.1, -0.05) is 13.2 Å². The molecule has 0 aliphatic rings. The van der Waals surface area contributed by atoms with Gasteiger partial charge < -0.3 is 9.64 Å². The zero-order chi connectivity index (χ0) is 11.1. The van der Waals surface area contributed by atoms with E-state index in [-0.39, 0.29) is 12.6 Å². The van der Waals surface area contributed by atoms with Gasteiger partial charge in [0.25, 0.3) is 0 Å². The van der Waals surface area contributed by atoms with E-state index in [1.807, 2.05) is 0 Å². The van der Waals surface area contributed by atoms with Crippen molar-refractivity contribution in [1.29, 1.82) is 0 Å². The molecule has 4 nitrogen and oxygen atoms in total. The molecule has 0 fully saturated rings. The zero-order valence-corrected chi connectivity index (χ0v) is 8.58. The molecule has 0 aromatic heterocycles. The molecule has 0 radical (unpaired) electrons. The Morgan fingerprint density at radius 2 is 2.07 bits per heavy atom. The van der Waals surface area contributed by atoms with Crippen LogP contribution in [0.5, 0.6) is 0 Å². The maximum Gasteiger partial charge on any atom is 0.334 e. The lowest BCUT2D eigenvalue weighted by molar-refractivity contribution is -0.147. The highest BCUT2D eigenvalue weighted by molar-refractivity contribution is 5.88. The summed E-state index contributed by atoms with van der Waals surface area (Å²) in [4.78, 5) is 23.5. The molecule has 0 heterocycles. The predicted octanol–water partition coefficient (Wildman–Crippen LogP) is 1.10. The van der Waals surface area contributed by atoms with E-state index in [0.29, 0.717) is 12.1 Å². The van der Waals surface area contributed by atoms with Crippen LogP contribution in [0.4, 0.5) is 0 Å². The Hall–Kier alpha value is -1.58. The summed E-state index contributed by atoms with van der Waals surface area (Å²) in [6, 6.07) is 0. The highest BCUT2D eigenvalue weighted by Gasteiger charge is 2.10. The van der Waals surface area contributed by atoms with Gasteiger partial charge in [0, 0.05) is 12.1 Å². The highest BCUT2D eigenvalue weighted by Crippen LogP contribution is 1.96. The van der Waals surface area contributed by atoms with E-state index in [1.165, 1.54) is 11.0 Å². The Morgan fingerprint density at radius 3 is 2.43 bits per heavy atom. The lowest BCUT2D eigenvalue weighted by atomic mass is 10.4. The molecule has 14 heavy (non-hydrogen) atoms. The second-order valence-electron chi connectivity index (χ2n) is 2.74. The minimum Gasteiger partial charge on any atom is -0.441 e. The number of hydrogen-bond acceptors (Lipinski definition) is 3. The first-order chi connectivity index (χ1) is 6.52. The molecule has 1 amide bonds. The maximum atomic E-state index is 11.1. The van der Waals surface area contributed by atoms with Gasteiger partial charge in [0.15, 0.2) is 6.73 Å². The standard InChI is InChI=1S/C10H15NO3/c1-5-9(12)11(6-2)7-14-10(13)8(3)4/h5H,1,3,6-7H2,2,4H3. The van der Waals surface area contributed by atoms with Gasteiger partial charge in [-0.2, -0.15) is 0 Å². The van der Waals surface area contributed by atoms with Gasteiger partial charge >= 0.3 is 5.97 Å². The summed E-state index contributed by atoms with van der Waals surface area (Å²) < 4.78 is 4.80. The van der Waals surface area contributed by atoms with E-state index in [4.69, 9.17) is 4.74 Å². The number of nitrogens with zero attached hydrogens (tertiary/aromatic N) is 1. The molecule has 0 unspecified atom stereocenters. The normalized spacial score (nSPS) is 9.00. The largest absolute Gasteiger partial charge is 0.441 e. The van der Waals surface area contributed by atoms with E-state index < -0.39 is 5.97 Å². The van der Waals surface area contributed by atoms with Gasteiger partial charge in [-0.25, -0.2) is 4.79 Å². The van der Waals surface area contributed by atoms with Crippen molar-refractivity contribution in [2.24, 2.45) is 0 Å². The van der Waals surface area contributed by atoms with Gasteiger partial charge in [0.2, 0.25) is 5.91 Å². The van der Waals surface area contributed by atoms with Crippen molar-refractivity contribution in [3.8, 4) is 0 Å². The van der Waals surface area contributed by atoms with Crippen LogP contribution < -0.4 is 0 Å². The molecule has 0 aromatic carbocycles. The van der Waals surface area contributed by atoms with Crippen molar-refractivity contribution in [3.63, 3.8) is 0 Å². The molecule has 0 spiro atoms. The predicted molar refractivity (Wildman–Crippen MR) is 53.4 cm³/mol. The Kier molecular flexibility index (Phi) is 5.29. The SMILES string of the molecule is C=CC(=O)N(CC)COC(=O)C(=C)C. The number of rotatable bonds is 5. The Morgan fingerprint density at radius 1 is 1.50 bits per heavy atom. The number of carbonyl (C=O) groups is 2. The number of likely N-dealkylation sites (N-methyl/N-ethyl adjacent to an activating group) is 1. The second-order valence-corrected chi connectivity index (χ2v) is 2.74. The third kappa shape index (κ3) is 3.89. The van der Waals surface area contributed by atoms with Crippen LogP contribution in [-0.4, -0.2) is 30.1 Å². The van der Waals surface area contributed by atoms with Crippen LogP contribution in [0.1, 0.15) is 13.8 Å². The number of carbonyl (C=O) groups excluding carboxylic acids is 2. The third-order valence-electron chi connectivity index (χ3n) is 1.57. The smallest absolute Gasteiger partial charge is 0.334 e. The summed E-state index contributed by atoms with van der Waals surface area (Å²) in [7, 11) is 0. The molecule has 0 aromatic rings. The summed E-state index contributed by atoms with van der Waals surface area (Å²) in [5, 5.41) is 0. The van der Waals surface area contributed by atoms with E-state index >= 15 is 0 Å². The summed E-state index contributed by atoms with van der Waals surface area (Å²) in [6.45, 7) is 10.5. The van der Waals surface area contributed by atoms with Crippen molar-refractivity contribution < 1.29 is 14.3 Å². The lowest BCUT2D eigenvalue weighted by Gasteiger charge is -2.18. The lowest BCUT2D eigenvalue weighted by Crippen LogP contribution is -2.32. The zero-order valence-electron chi connectivity index (χ0n) is 8.58. The van der Waals surface area contributed by atoms with Crippen LogP contribution in [0, 0.1) is 0 Å². The minimum atomic E-state index is -0.500. The van der Waals surface area contributed by atoms with Crippen LogP contribution in [0.25, 0.3) is 0 Å². The average molecular weight is 197 g/mol. The molecule has 0 bridgehead atoms. The van der Waals surface area contributed by atoms with E-state index in [0.717, 1.165) is 0 Å². The van der Waals surface area contributed by atoms with Crippen LogP contribution >= 0.6 is 0 Å². The van der Waals surface area contributed by atoms with Gasteiger partial charge in [0.05, 0.1) is 0 Å². The molecule has 0 saturated heterocycles. The fraction of sp³-hybridized carbons (Fsp3) is 0.400. The Balaban J connectivity index is 4.08. The first kappa shape index (κ1) is 12.4. The monoisotopic (exact) mass is 197 g/mol. The molecule has 0 aliphatic heterocycles. The fourth-order valence-corrected chi connectivity index (χ4v) is 0.700.